The first-order chi connectivity index (χ1) is 10.7. The van der Waals surface area contributed by atoms with Crippen LogP contribution < -0.4 is 5.32 Å². The lowest BCUT2D eigenvalue weighted by Gasteiger charge is -2.19. The molecule has 1 aliphatic carbocycles. The smallest absolute Gasteiger partial charge is 0.237 e. The van der Waals surface area contributed by atoms with Crippen LogP contribution in [-0.2, 0) is 17.8 Å². The van der Waals surface area contributed by atoms with E-state index in [1.807, 2.05) is 12.1 Å². The maximum atomic E-state index is 12.4. The zero-order chi connectivity index (χ0) is 15.1. The SMILES string of the molecule is O=C1CCCc2cc(CNC(=O)C3C4CCN3CC4)ccc21. The maximum Gasteiger partial charge on any atom is 0.237 e. The third-order valence-electron chi connectivity index (χ3n) is 5.47. The Kier molecular flexibility index (Phi) is 3.49. The zero-order valence-corrected chi connectivity index (χ0v) is 12.8. The number of hydrogen-bond acceptors (Lipinski definition) is 3. The van der Waals surface area contributed by atoms with E-state index in [2.05, 4.69) is 16.3 Å². The molecule has 1 atom stereocenters. The Morgan fingerprint density at radius 1 is 1.23 bits per heavy atom. The van der Waals surface area contributed by atoms with E-state index in [4.69, 9.17) is 0 Å². The number of nitrogens with zero attached hydrogens (tertiary/aromatic N) is 1. The second-order valence-electron chi connectivity index (χ2n) is 6.80. The number of carbonyl (C=O) groups is 2. The Morgan fingerprint density at radius 3 is 2.77 bits per heavy atom. The molecule has 0 aromatic heterocycles. The molecule has 4 heteroatoms. The van der Waals surface area contributed by atoms with E-state index < -0.39 is 0 Å². The summed E-state index contributed by atoms with van der Waals surface area (Å²) in [5, 5.41) is 3.09. The van der Waals surface area contributed by atoms with Crippen molar-refractivity contribution in [3.05, 3.63) is 34.9 Å². The highest BCUT2D eigenvalue weighted by atomic mass is 16.2. The summed E-state index contributed by atoms with van der Waals surface area (Å²) in [6.07, 6.45) is 4.92. The molecular formula is C18H22N2O2. The van der Waals surface area contributed by atoms with Crippen LogP contribution in [0.5, 0.6) is 0 Å². The molecule has 4 rings (SSSR count). The molecule has 1 amide bonds. The van der Waals surface area contributed by atoms with Gasteiger partial charge in [0.1, 0.15) is 0 Å². The highest BCUT2D eigenvalue weighted by Gasteiger charge is 2.43. The van der Waals surface area contributed by atoms with E-state index >= 15 is 0 Å². The summed E-state index contributed by atoms with van der Waals surface area (Å²) in [5.74, 6) is 0.988. The molecule has 1 N–H and O–H groups in total. The van der Waals surface area contributed by atoms with Crippen LogP contribution in [0.3, 0.4) is 0 Å². The Morgan fingerprint density at radius 2 is 2.05 bits per heavy atom. The molecule has 4 nitrogen and oxygen atoms in total. The number of aryl methyl sites for hydroxylation is 1. The van der Waals surface area contributed by atoms with Crippen LogP contribution >= 0.6 is 0 Å². The largest absolute Gasteiger partial charge is 0.351 e. The van der Waals surface area contributed by atoms with Gasteiger partial charge in [0.05, 0.1) is 6.04 Å². The third kappa shape index (κ3) is 2.35. The summed E-state index contributed by atoms with van der Waals surface area (Å²) < 4.78 is 0. The number of hydrogen-bond donors (Lipinski definition) is 1. The van der Waals surface area contributed by atoms with E-state index in [0.717, 1.165) is 42.6 Å². The number of nitrogens with one attached hydrogen (secondary N) is 1. The molecule has 2 aliphatic heterocycles. The van der Waals surface area contributed by atoms with Crippen LogP contribution in [-0.4, -0.2) is 35.7 Å². The zero-order valence-electron chi connectivity index (χ0n) is 12.8. The molecule has 2 bridgehead atoms. The second kappa shape index (κ2) is 5.51. The van der Waals surface area contributed by atoms with Gasteiger partial charge in [0, 0.05) is 18.5 Å². The van der Waals surface area contributed by atoms with E-state index in [1.54, 1.807) is 0 Å². The van der Waals surface area contributed by atoms with Gasteiger partial charge in [-0.05, 0) is 55.8 Å². The average Bonchev–Trinajstić information content (AvgIpc) is 3.13. The van der Waals surface area contributed by atoms with Crippen molar-refractivity contribution < 1.29 is 9.59 Å². The van der Waals surface area contributed by atoms with Gasteiger partial charge in [0.2, 0.25) is 5.91 Å². The molecule has 3 aliphatic rings. The summed E-state index contributed by atoms with van der Waals surface area (Å²) in [4.78, 5) is 26.6. The predicted molar refractivity (Wildman–Crippen MR) is 83.6 cm³/mol. The van der Waals surface area contributed by atoms with Crippen molar-refractivity contribution in [2.45, 2.75) is 44.7 Å². The number of rotatable bonds is 3. The van der Waals surface area contributed by atoms with Gasteiger partial charge in [-0.3, -0.25) is 14.5 Å². The van der Waals surface area contributed by atoms with Gasteiger partial charge >= 0.3 is 0 Å². The monoisotopic (exact) mass is 298 g/mol. The van der Waals surface area contributed by atoms with Gasteiger partial charge in [0.15, 0.2) is 5.78 Å². The minimum Gasteiger partial charge on any atom is -0.351 e. The van der Waals surface area contributed by atoms with Gasteiger partial charge in [-0.15, -0.1) is 0 Å². The number of Topliss-reactive ketones (excluding diaryl/α,β-unsaturated/α-hetero) is 1. The molecule has 0 spiro atoms. The Balaban J connectivity index is 1.42. The van der Waals surface area contributed by atoms with Gasteiger partial charge in [-0.2, -0.15) is 0 Å². The summed E-state index contributed by atoms with van der Waals surface area (Å²) in [5.41, 5.74) is 3.12. The third-order valence-corrected chi connectivity index (χ3v) is 5.47. The fraction of sp³-hybridized carbons (Fsp3) is 0.556. The molecule has 1 unspecified atom stereocenters. The van der Waals surface area contributed by atoms with Crippen LogP contribution in [0.15, 0.2) is 18.2 Å². The highest BCUT2D eigenvalue weighted by molar-refractivity contribution is 5.98. The fourth-order valence-corrected chi connectivity index (χ4v) is 4.30. The number of amides is 1. The van der Waals surface area contributed by atoms with Crippen molar-refractivity contribution in [1.29, 1.82) is 0 Å². The predicted octanol–water partition coefficient (Wildman–Crippen LogP) is 1.92. The van der Waals surface area contributed by atoms with Crippen LogP contribution in [0.4, 0.5) is 0 Å². The molecule has 1 aromatic rings. The second-order valence-corrected chi connectivity index (χ2v) is 6.80. The number of piperidine rings is 1. The van der Waals surface area contributed by atoms with Crippen molar-refractivity contribution in [2.75, 3.05) is 13.1 Å². The molecule has 22 heavy (non-hydrogen) atoms. The summed E-state index contributed by atoms with van der Waals surface area (Å²) in [6.45, 7) is 2.71. The van der Waals surface area contributed by atoms with Crippen molar-refractivity contribution >= 4 is 11.7 Å². The highest BCUT2D eigenvalue weighted by Crippen LogP contribution is 2.34. The standard InChI is InChI=1S/C18H22N2O2/c21-16-3-1-2-14-10-12(4-5-15(14)16)11-19-18(22)17-13-6-8-20(17)9-7-13/h4-5,10,13,17H,1-3,6-9,11H2,(H,19,22). The van der Waals surface area contributed by atoms with Crippen LogP contribution in [0.25, 0.3) is 0 Å². The quantitative estimate of drug-likeness (QED) is 0.927. The summed E-state index contributed by atoms with van der Waals surface area (Å²) >= 11 is 0. The molecule has 2 heterocycles. The minimum absolute atomic E-state index is 0.0965. The van der Waals surface area contributed by atoms with Gasteiger partial charge < -0.3 is 5.32 Å². The van der Waals surface area contributed by atoms with Crippen molar-refractivity contribution in [3.63, 3.8) is 0 Å². The van der Waals surface area contributed by atoms with E-state index in [9.17, 15) is 9.59 Å². The number of fused-ring (bicyclic) bond motifs is 3. The van der Waals surface area contributed by atoms with E-state index in [-0.39, 0.29) is 17.7 Å². The topological polar surface area (TPSA) is 49.4 Å². The fourth-order valence-electron chi connectivity index (χ4n) is 4.30. The summed E-state index contributed by atoms with van der Waals surface area (Å²) in [6, 6.07) is 6.10. The normalized spacial score (nSPS) is 29.5. The van der Waals surface area contributed by atoms with Crippen molar-refractivity contribution in [2.24, 2.45) is 5.92 Å². The summed E-state index contributed by atoms with van der Waals surface area (Å²) in [7, 11) is 0. The first kappa shape index (κ1) is 13.9. The number of ketones is 1. The molecular weight excluding hydrogens is 276 g/mol. The molecule has 2 fully saturated rings. The first-order valence-electron chi connectivity index (χ1n) is 8.39. The van der Waals surface area contributed by atoms with Crippen LogP contribution in [0.1, 0.15) is 47.2 Å². The van der Waals surface area contributed by atoms with Gasteiger partial charge in [-0.25, -0.2) is 0 Å². The average molecular weight is 298 g/mol. The number of carbonyl (C=O) groups excluding carboxylic acids is 2. The van der Waals surface area contributed by atoms with Crippen molar-refractivity contribution in [3.8, 4) is 0 Å². The Bertz CT molecular complexity index is 606. The molecule has 116 valence electrons. The van der Waals surface area contributed by atoms with Gasteiger partial charge in [-0.1, -0.05) is 18.2 Å². The lowest BCUT2D eigenvalue weighted by Crippen LogP contribution is -2.41. The Hall–Kier alpha value is -1.68. The maximum absolute atomic E-state index is 12.4. The lowest BCUT2D eigenvalue weighted by molar-refractivity contribution is -0.125. The van der Waals surface area contributed by atoms with Crippen molar-refractivity contribution in [1.82, 2.24) is 10.2 Å². The van der Waals surface area contributed by atoms with Crippen LogP contribution in [0.2, 0.25) is 0 Å². The minimum atomic E-state index is 0.0965. The Labute approximate surface area is 130 Å². The van der Waals surface area contributed by atoms with Gasteiger partial charge in [0.25, 0.3) is 0 Å². The molecule has 2 saturated heterocycles. The van der Waals surface area contributed by atoms with E-state index in [0.29, 0.717) is 18.9 Å². The first-order valence-corrected chi connectivity index (χ1v) is 8.39. The molecule has 1 aromatic carbocycles. The lowest BCUT2D eigenvalue weighted by atomic mass is 9.89. The van der Waals surface area contributed by atoms with Crippen LogP contribution in [0, 0.1) is 5.92 Å². The molecule has 0 saturated carbocycles. The number of benzene rings is 1. The molecule has 0 radical (unpaired) electrons. The van der Waals surface area contributed by atoms with E-state index in [1.165, 1.54) is 12.8 Å².